The summed E-state index contributed by atoms with van der Waals surface area (Å²) in [5, 5.41) is 0. The zero-order valence-electron chi connectivity index (χ0n) is 15.9. The number of rotatable bonds is 7. The molecule has 3 N–H and O–H groups in total. The van der Waals surface area contributed by atoms with Crippen LogP contribution in [0.1, 0.15) is 35.4 Å². The minimum Gasteiger partial charge on any atom is -0.486 e. The number of amides is 1. The topological polar surface area (TPSA) is 99.3 Å². The molecule has 1 aromatic heterocycles. The van der Waals surface area contributed by atoms with Crippen molar-refractivity contribution in [2.75, 3.05) is 13.6 Å². The highest BCUT2D eigenvalue weighted by Gasteiger charge is 2.37. The predicted molar refractivity (Wildman–Crippen MR) is 104 cm³/mol. The van der Waals surface area contributed by atoms with E-state index in [1.807, 2.05) is 30.3 Å². The van der Waals surface area contributed by atoms with Gasteiger partial charge in [0.2, 0.25) is 0 Å². The van der Waals surface area contributed by atoms with Crippen LogP contribution in [0.25, 0.3) is 0 Å². The van der Waals surface area contributed by atoms with Crippen molar-refractivity contribution in [1.82, 2.24) is 25.7 Å². The van der Waals surface area contributed by atoms with E-state index in [0.717, 1.165) is 12.3 Å². The molecule has 2 unspecified atom stereocenters. The molecule has 2 atom stereocenters. The lowest BCUT2D eigenvalue weighted by molar-refractivity contribution is 0.0780. The Morgan fingerprint density at radius 2 is 2.04 bits per heavy atom. The number of hydrogen-bond acceptors (Lipinski definition) is 6. The van der Waals surface area contributed by atoms with Crippen molar-refractivity contribution in [2.24, 2.45) is 5.92 Å². The number of benzene rings is 1. The van der Waals surface area contributed by atoms with Crippen molar-refractivity contribution in [3.8, 4) is 5.75 Å². The molecular weight excluding hydrogens is 358 g/mol. The van der Waals surface area contributed by atoms with Gasteiger partial charge in [-0.3, -0.25) is 20.4 Å². The monoisotopic (exact) mass is 383 g/mol. The number of hydrazine groups is 1. The fourth-order valence-electron chi connectivity index (χ4n) is 3.52. The summed E-state index contributed by atoms with van der Waals surface area (Å²) in [5.41, 5.74) is 6.16. The van der Waals surface area contributed by atoms with Crippen molar-refractivity contribution in [3.63, 3.8) is 0 Å². The molecule has 2 aromatic rings. The number of carbonyl (C=O) groups excluding carboxylic acids is 1. The van der Waals surface area contributed by atoms with Gasteiger partial charge in [-0.2, -0.15) is 0 Å². The van der Waals surface area contributed by atoms with Crippen LogP contribution in [-0.4, -0.2) is 46.5 Å². The number of ether oxygens (including phenoxy) is 1. The van der Waals surface area contributed by atoms with Crippen LogP contribution in [0.4, 0.5) is 0 Å². The number of H-pyrrole nitrogens is 1. The van der Waals surface area contributed by atoms with Gasteiger partial charge in [0.25, 0.3) is 11.5 Å². The first kappa shape index (κ1) is 18.6. The Bertz CT molecular complexity index is 881. The van der Waals surface area contributed by atoms with E-state index in [9.17, 15) is 9.59 Å². The maximum atomic E-state index is 12.7. The molecule has 0 radical (unpaired) electrons. The zero-order valence-corrected chi connectivity index (χ0v) is 15.9. The van der Waals surface area contributed by atoms with Crippen molar-refractivity contribution < 1.29 is 9.53 Å². The standard InChI is InChI=1S/C20H25N5O3/c1-25(11-14-9-17(24-23-14)13-7-8-13)20(27)16-10-21-18(22-19(16)26)12-28-15-5-3-2-4-6-15/h2-6,10,13-14,17,23-24H,7-9,11-12H2,1H3,(H,21,22,26). The van der Waals surface area contributed by atoms with Gasteiger partial charge in [-0.15, -0.1) is 0 Å². The lowest BCUT2D eigenvalue weighted by Crippen LogP contribution is -2.42. The molecule has 1 amide bonds. The van der Waals surface area contributed by atoms with E-state index in [2.05, 4.69) is 20.8 Å². The van der Waals surface area contributed by atoms with Gasteiger partial charge in [-0.1, -0.05) is 18.2 Å². The van der Waals surface area contributed by atoms with Crippen LogP contribution in [0.3, 0.4) is 0 Å². The Morgan fingerprint density at radius 1 is 1.25 bits per heavy atom. The molecule has 2 aliphatic rings. The van der Waals surface area contributed by atoms with Crippen LogP contribution < -0.4 is 21.1 Å². The van der Waals surface area contributed by atoms with Crippen LogP contribution in [0.2, 0.25) is 0 Å². The Kier molecular flexibility index (Phi) is 5.40. The minimum absolute atomic E-state index is 0.0376. The highest BCUT2D eigenvalue weighted by atomic mass is 16.5. The lowest BCUT2D eigenvalue weighted by atomic mass is 10.1. The molecule has 1 aliphatic carbocycles. The number of nitrogens with zero attached hydrogens (tertiary/aromatic N) is 2. The summed E-state index contributed by atoms with van der Waals surface area (Å²) in [7, 11) is 1.71. The van der Waals surface area contributed by atoms with Gasteiger partial charge in [0.1, 0.15) is 23.7 Å². The van der Waals surface area contributed by atoms with Gasteiger partial charge >= 0.3 is 0 Å². The molecule has 0 spiro atoms. The second-order valence-corrected chi connectivity index (χ2v) is 7.53. The molecule has 4 rings (SSSR count). The summed E-state index contributed by atoms with van der Waals surface area (Å²) in [4.78, 5) is 33.4. The average molecular weight is 383 g/mol. The Labute approximate surface area is 163 Å². The predicted octanol–water partition coefficient (Wildman–Crippen LogP) is 1.07. The van der Waals surface area contributed by atoms with Gasteiger partial charge in [0.15, 0.2) is 0 Å². The maximum Gasteiger partial charge on any atom is 0.263 e. The van der Waals surface area contributed by atoms with Gasteiger partial charge in [0, 0.05) is 31.9 Å². The summed E-state index contributed by atoms with van der Waals surface area (Å²) >= 11 is 0. The van der Waals surface area contributed by atoms with Gasteiger partial charge < -0.3 is 14.6 Å². The smallest absolute Gasteiger partial charge is 0.263 e. The second kappa shape index (κ2) is 8.12. The number of carbonyl (C=O) groups is 1. The molecule has 1 aromatic carbocycles. The number of aromatic amines is 1. The molecule has 2 fully saturated rings. The lowest BCUT2D eigenvalue weighted by Gasteiger charge is -2.20. The molecule has 28 heavy (non-hydrogen) atoms. The summed E-state index contributed by atoms with van der Waals surface area (Å²) in [6.07, 6.45) is 4.88. The maximum absolute atomic E-state index is 12.7. The van der Waals surface area contributed by atoms with E-state index < -0.39 is 5.56 Å². The molecular formula is C20H25N5O3. The summed E-state index contributed by atoms with van der Waals surface area (Å²) in [5.74, 6) is 1.49. The Morgan fingerprint density at radius 3 is 2.75 bits per heavy atom. The van der Waals surface area contributed by atoms with Crippen LogP contribution in [0, 0.1) is 5.92 Å². The van der Waals surface area contributed by atoms with E-state index in [-0.39, 0.29) is 24.1 Å². The van der Waals surface area contributed by atoms with E-state index in [0.29, 0.717) is 24.2 Å². The van der Waals surface area contributed by atoms with E-state index in [4.69, 9.17) is 4.74 Å². The van der Waals surface area contributed by atoms with Crippen molar-refractivity contribution >= 4 is 5.91 Å². The molecule has 1 saturated heterocycles. The summed E-state index contributed by atoms with van der Waals surface area (Å²) in [6, 6.07) is 9.95. The number of aromatic nitrogens is 2. The van der Waals surface area contributed by atoms with Gasteiger partial charge in [0.05, 0.1) is 0 Å². The minimum atomic E-state index is -0.452. The molecule has 8 heteroatoms. The second-order valence-electron chi connectivity index (χ2n) is 7.53. The van der Waals surface area contributed by atoms with Crippen molar-refractivity contribution in [2.45, 2.75) is 38.0 Å². The number of para-hydroxylation sites is 1. The first-order valence-electron chi connectivity index (χ1n) is 9.62. The largest absolute Gasteiger partial charge is 0.486 e. The SMILES string of the molecule is CN(CC1CC(C2CC2)NN1)C(=O)c1cnc(COc2ccccc2)[nH]c1=O. The van der Waals surface area contributed by atoms with Crippen LogP contribution in [0.15, 0.2) is 41.3 Å². The van der Waals surface area contributed by atoms with Crippen LogP contribution >= 0.6 is 0 Å². The molecule has 0 bridgehead atoms. The van der Waals surface area contributed by atoms with Crippen molar-refractivity contribution in [3.05, 3.63) is 58.3 Å². The third-order valence-electron chi connectivity index (χ3n) is 5.24. The quantitative estimate of drug-likeness (QED) is 0.661. The first-order chi connectivity index (χ1) is 13.6. The Hall–Kier alpha value is -2.71. The molecule has 1 aliphatic heterocycles. The van der Waals surface area contributed by atoms with E-state index in [1.54, 1.807) is 11.9 Å². The molecule has 2 heterocycles. The normalized spacial score (nSPS) is 21.5. The summed E-state index contributed by atoms with van der Waals surface area (Å²) in [6.45, 7) is 0.664. The number of nitrogens with one attached hydrogen (secondary N) is 3. The summed E-state index contributed by atoms with van der Waals surface area (Å²) < 4.78 is 5.57. The van der Waals surface area contributed by atoms with E-state index >= 15 is 0 Å². The van der Waals surface area contributed by atoms with Crippen molar-refractivity contribution in [1.29, 1.82) is 0 Å². The first-order valence-corrected chi connectivity index (χ1v) is 9.62. The Balaban J connectivity index is 1.33. The number of likely N-dealkylation sites (N-methyl/N-ethyl adjacent to an activating group) is 1. The van der Waals surface area contributed by atoms with Crippen LogP contribution in [-0.2, 0) is 6.61 Å². The van der Waals surface area contributed by atoms with Gasteiger partial charge in [-0.05, 0) is 37.3 Å². The number of hydrogen-bond donors (Lipinski definition) is 3. The molecule has 1 saturated carbocycles. The highest BCUT2D eigenvalue weighted by Crippen LogP contribution is 2.35. The third-order valence-corrected chi connectivity index (χ3v) is 5.24. The van der Waals surface area contributed by atoms with Gasteiger partial charge in [-0.25, -0.2) is 4.98 Å². The molecule has 148 valence electrons. The van der Waals surface area contributed by atoms with Crippen LogP contribution in [0.5, 0.6) is 5.75 Å². The molecule has 8 nitrogen and oxygen atoms in total. The van der Waals surface area contributed by atoms with E-state index in [1.165, 1.54) is 19.0 Å². The fourth-order valence-corrected chi connectivity index (χ4v) is 3.52. The highest BCUT2D eigenvalue weighted by molar-refractivity contribution is 5.93. The fraction of sp³-hybridized carbons (Fsp3) is 0.450. The third kappa shape index (κ3) is 4.40. The average Bonchev–Trinajstić information content (AvgIpc) is 3.46. The zero-order chi connectivity index (χ0) is 19.5.